The maximum Gasteiger partial charge on any atom is 0.309 e. The predicted molar refractivity (Wildman–Crippen MR) is 76.2 cm³/mol. The Morgan fingerprint density at radius 1 is 1.05 bits per heavy atom. The highest BCUT2D eigenvalue weighted by Crippen LogP contribution is 2.18. The molecule has 0 N–H and O–H groups in total. The second-order valence-corrected chi connectivity index (χ2v) is 5.89. The van der Waals surface area contributed by atoms with E-state index >= 15 is 0 Å². The largest absolute Gasteiger partial charge is 0.469 e. The van der Waals surface area contributed by atoms with Gasteiger partial charge in [-0.15, -0.1) is 0 Å². The van der Waals surface area contributed by atoms with Crippen molar-refractivity contribution in [1.29, 1.82) is 0 Å². The minimum atomic E-state index is -0.142. The van der Waals surface area contributed by atoms with E-state index in [1.54, 1.807) is 0 Å². The number of methoxy groups -OCH3 is 1. The van der Waals surface area contributed by atoms with E-state index < -0.39 is 0 Å². The lowest BCUT2D eigenvalue weighted by atomic mass is 9.98. The summed E-state index contributed by atoms with van der Waals surface area (Å²) in [6, 6.07) is 0. The average molecular weight is 282 g/mol. The van der Waals surface area contributed by atoms with Gasteiger partial charge in [-0.25, -0.2) is 0 Å². The first kappa shape index (κ1) is 15.3. The minimum Gasteiger partial charge on any atom is -0.469 e. The molecule has 2 aliphatic rings. The van der Waals surface area contributed by atoms with Crippen LogP contribution in [0.25, 0.3) is 0 Å². The zero-order valence-corrected chi connectivity index (χ0v) is 12.5. The van der Waals surface area contributed by atoms with E-state index in [1.165, 1.54) is 20.0 Å². The molecule has 0 saturated carbocycles. The summed E-state index contributed by atoms with van der Waals surface area (Å²) in [7, 11) is 1.43. The molecule has 5 heteroatoms. The zero-order chi connectivity index (χ0) is 14.4. The van der Waals surface area contributed by atoms with Crippen molar-refractivity contribution in [2.75, 3.05) is 39.8 Å². The van der Waals surface area contributed by atoms with Gasteiger partial charge < -0.3 is 9.64 Å². The Balaban J connectivity index is 1.82. The Hall–Kier alpha value is -1.10. The minimum absolute atomic E-state index is 0.0642. The van der Waals surface area contributed by atoms with Gasteiger partial charge in [0.15, 0.2) is 0 Å². The fraction of sp³-hybridized carbons (Fsp3) is 0.867. The third-order valence-corrected chi connectivity index (χ3v) is 4.36. The SMILES string of the molecule is COC(=O)[C@H]1CCCN(CC(=O)N2CCCCCC2)C1. The quantitative estimate of drug-likeness (QED) is 0.732. The molecule has 2 fully saturated rings. The Morgan fingerprint density at radius 2 is 1.75 bits per heavy atom. The number of esters is 1. The van der Waals surface area contributed by atoms with Crippen LogP contribution in [-0.4, -0.2) is 61.5 Å². The van der Waals surface area contributed by atoms with Crippen molar-refractivity contribution in [3.63, 3.8) is 0 Å². The van der Waals surface area contributed by atoms with Crippen LogP contribution < -0.4 is 0 Å². The Labute approximate surface area is 121 Å². The van der Waals surface area contributed by atoms with E-state index in [4.69, 9.17) is 4.74 Å². The number of hydrogen-bond acceptors (Lipinski definition) is 4. The molecule has 0 aliphatic carbocycles. The smallest absolute Gasteiger partial charge is 0.309 e. The predicted octanol–water partition coefficient (Wildman–Crippen LogP) is 1.27. The number of rotatable bonds is 3. The number of carbonyl (C=O) groups is 2. The van der Waals surface area contributed by atoms with Gasteiger partial charge in [-0.05, 0) is 32.2 Å². The molecule has 0 aromatic carbocycles. The molecule has 2 aliphatic heterocycles. The van der Waals surface area contributed by atoms with Crippen LogP contribution >= 0.6 is 0 Å². The summed E-state index contributed by atoms with van der Waals surface area (Å²) in [6.45, 7) is 3.81. The highest BCUT2D eigenvalue weighted by molar-refractivity contribution is 5.78. The normalized spacial score (nSPS) is 25.1. The Bertz CT molecular complexity index is 338. The fourth-order valence-electron chi connectivity index (χ4n) is 3.17. The van der Waals surface area contributed by atoms with E-state index in [9.17, 15) is 9.59 Å². The van der Waals surface area contributed by atoms with Gasteiger partial charge in [-0.2, -0.15) is 0 Å². The van der Waals surface area contributed by atoms with Crippen LogP contribution in [0.4, 0.5) is 0 Å². The van der Waals surface area contributed by atoms with Crippen molar-refractivity contribution in [3.8, 4) is 0 Å². The van der Waals surface area contributed by atoms with Crippen LogP contribution in [0.2, 0.25) is 0 Å². The van der Waals surface area contributed by atoms with Crippen LogP contribution in [-0.2, 0) is 14.3 Å². The third-order valence-electron chi connectivity index (χ3n) is 4.36. The highest BCUT2D eigenvalue weighted by Gasteiger charge is 2.28. The monoisotopic (exact) mass is 282 g/mol. The van der Waals surface area contributed by atoms with Gasteiger partial charge in [0.1, 0.15) is 0 Å². The van der Waals surface area contributed by atoms with Crippen molar-refractivity contribution >= 4 is 11.9 Å². The van der Waals surface area contributed by atoms with Crippen molar-refractivity contribution in [2.45, 2.75) is 38.5 Å². The van der Waals surface area contributed by atoms with Gasteiger partial charge in [-0.3, -0.25) is 14.5 Å². The van der Waals surface area contributed by atoms with Gasteiger partial charge in [-0.1, -0.05) is 12.8 Å². The molecule has 1 amide bonds. The first-order chi connectivity index (χ1) is 9.70. The van der Waals surface area contributed by atoms with Crippen LogP contribution in [0.5, 0.6) is 0 Å². The van der Waals surface area contributed by atoms with E-state index in [2.05, 4.69) is 4.90 Å². The molecule has 0 bridgehead atoms. The lowest BCUT2D eigenvalue weighted by Gasteiger charge is -2.32. The molecule has 114 valence electrons. The van der Waals surface area contributed by atoms with Gasteiger partial charge in [0, 0.05) is 19.6 Å². The van der Waals surface area contributed by atoms with Crippen molar-refractivity contribution in [1.82, 2.24) is 9.80 Å². The summed E-state index contributed by atoms with van der Waals surface area (Å²) in [5.74, 6) is 0.0139. The highest BCUT2D eigenvalue weighted by atomic mass is 16.5. The molecular weight excluding hydrogens is 256 g/mol. The molecule has 2 rings (SSSR count). The summed E-state index contributed by atoms with van der Waals surface area (Å²) in [6.07, 6.45) is 6.55. The molecule has 2 saturated heterocycles. The summed E-state index contributed by atoms with van der Waals surface area (Å²) in [5, 5.41) is 0. The second kappa shape index (κ2) is 7.62. The van der Waals surface area contributed by atoms with Crippen LogP contribution in [0.3, 0.4) is 0 Å². The molecule has 0 spiro atoms. The number of nitrogens with zero attached hydrogens (tertiary/aromatic N) is 2. The van der Waals surface area contributed by atoms with E-state index in [1.807, 2.05) is 4.90 Å². The number of likely N-dealkylation sites (tertiary alicyclic amines) is 2. The summed E-state index contributed by atoms with van der Waals surface area (Å²) in [5.41, 5.74) is 0. The summed E-state index contributed by atoms with van der Waals surface area (Å²) >= 11 is 0. The second-order valence-electron chi connectivity index (χ2n) is 5.89. The average Bonchev–Trinajstić information content (AvgIpc) is 2.76. The molecule has 0 aromatic heterocycles. The molecule has 0 unspecified atom stereocenters. The Morgan fingerprint density at radius 3 is 2.40 bits per heavy atom. The number of carbonyl (C=O) groups excluding carboxylic acids is 2. The van der Waals surface area contributed by atoms with Crippen molar-refractivity contribution < 1.29 is 14.3 Å². The Kier molecular flexibility index (Phi) is 5.83. The standard InChI is InChI=1S/C15H26N2O3/c1-20-15(19)13-7-6-8-16(11-13)12-14(18)17-9-4-2-3-5-10-17/h13H,2-12H2,1H3/t13-/m0/s1. The van der Waals surface area contributed by atoms with Crippen LogP contribution in [0.1, 0.15) is 38.5 Å². The first-order valence-electron chi connectivity index (χ1n) is 7.78. The first-order valence-corrected chi connectivity index (χ1v) is 7.78. The van der Waals surface area contributed by atoms with Crippen LogP contribution in [0.15, 0.2) is 0 Å². The number of ether oxygens (including phenoxy) is 1. The topological polar surface area (TPSA) is 49.9 Å². The van der Waals surface area contributed by atoms with Gasteiger partial charge in [0.2, 0.25) is 5.91 Å². The zero-order valence-electron chi connectivity index (χ0n) is 12.5. The molecule has 5 nitrogen and oxygen atoms in total. The third kappa shape index (κ3) is 4.20. The fourth-order valence-corrected chi connectivity index (χ4v) is 3.17. The lowest BCUT2D eigenvalue weighted by Crippen LogP contribution is -2.46. The maximum atomic E-state index is 12.3. The van der Waals surface area contributed by atoms with E-state index in [0.717, 1.165) is 45.3 Å². The maximum absolute atomic E-state index is 12.3. The molecule has 1 atom stereocenters. The van der Waals surface area contributed by atoms with E-state index in [0.29, 0.717) is 13.1 Å². The number of piperidine rings is 1. The lowest BCUT2D eigenvalue weighted by molar-refractivity contribution is -0.148. The molecule has 0 aromatic rings. The van der Waals surface area contributed by atoms with Gasteiger partial charge >= 0.3 is 5.97 Å². The van der Waals surface area contributed by atoms with Crippen molar-refractivity contribution in [2.24, 2.45) is 5.92 Å². The van der Waals surface area contributed by atoms with Crippen molar-refractivity contribution in [3.05, 3.63) is 0 Å². The summed E-state index contributed by atoms with van der Waals surface area (Å²) < 4.78 is 4.81. The van der Waals surface area contributed by atoms with E-state index in [-0.39, 0.29) is 17.8 Å². The molecule has 20 heavy (non-hydrogen) atoms. The molecular formula is C15H26N2O3. The van der Waals surface area contributed by atoms with Crippen LogP contribution in [0, 0.1) is 5.92 Å². The molecule has 2 heterocycles. The molecule has 0 radical (unpaired) electrons. The number of hydrogen-bond donors (Lipinski definition) is 0. The number of amides is 1. The van der Waals surface area contributed by atoms with Gasteiger partial charge in [0.05, 0.1) is 19.6 Å². The van der Waals surface area contributed by atoms with Gasteiger partial charge in [0.25, 0.3) is 0 Å². The summed E-state index contributed by atoms with van der Waals surface area (Å²) in [4.78, 5) is 28.0.